The molecule has 1 unspecified atom stereocenters. The molecule has 1 heterocycles. The molecule has 6 nitrogen and oxygen atoms in total. The van der Waals surface area contributed by atoms with E-state index in [2.05, 4.69) is 4.98 Å². The fourth-order valence-corrected chi connectivity index (χ4v) is 2.40. The van der Waals surface area contributed by atoms with Crippen molar-refractivity contribution < 1.29 is 19.1 Å². The largest absolute Gasteiger partial charge is 0.461 e. The monoisotopic (exact) mass is 356 g/mol. The Labute approximate surface area is 153 Å². The number of esters is 2. The average Bonchev–Trinajstić information content (AvgIpc) is 2.60. The number of rotatable bonds is 5. The van der Waals surface area contributed by atoms with Gasteiger partial charge >= 0.3 is 11.9 Å². The lowest BCUT2D eigenvalue weighted by molar-refractivity contribution is -0.156. The van der Waals surface area contributed by atoms with Gasteiger partial charge in [-0.05, 0) is 45.4 Å². The first-order valence-corrected chi connectivity index (χ1v) is 8.45. The van der Waals surface area contributed by atoms with E-state index in [1.165, 1.54) is 0 Å². The van der Waals surface area contributed by atoms with Crippen LogP contribution in [-0.2, 0) is 14.3 Å². The van der Waals surface area contributed by atoms with Crippen molar-refractivity contribution in [2.24, 2.45) is 5.73 Å². The summed E-state index contributed by atoms with van der Waals surface area (Å²) in [7, 11) is 0. The van der Waals surface area contributed by atoms with E-state index in [-0.39, 0.29) is 12.3 Å². The Morgan fingerprint density at radius 3 is 2.46 bits per heavy atom. The van der Waals surface area contributed by atoms with Gasteiger partial charge in [-0.1, -0.05) is 30.3 Å². The van der Waals surface area contributed by atoms with Gasteiger partial charge in [-0.15, -0.1) is 0 Å². The Kier molecular flexibility index (Phi) is 6.10. The molecule has 2 N–H and O–H groups in total. The zero-order valence-electron chi connectivity index (χ0n) is 15.5. The van der Waals surface area contributed by atoms with Crippen LogP contribution in [0.4, 0.5) is 0 Å². The second-order valence-electron chi connectivity index (χ2n) is 6.73. The Balaban J connectivity index is 2.39. The van der Waals surface area contributed by atoms with E-state index in [0.717, 1.165) is 0 Å². The molecule has 0 radical (unpaired) electrons. The number of carbonyl (C=O) groups excluding carboxylic acids is 2. The summed E-state index contributed by atoms with van der Waals surface area (Å²) >= 11 is 0. The maximum atomic E-state index is 12.4. The second-order valence-corrected chi connectivity index (χ2v) is 6.73. The Morgan fingerprint density at radius 1 is 1.12 bits per heavy atom. The van der Waals surface area contributed by atoms with Crippen molar-refractivity contribution in [2.75, 3.05) is 6.61 Å². The Morgan fingerprint density at radius 2 is 1.81 bits per heavy atom. The van der Waals surface area contributed by atoms with Gasteiger partial charge in [0, 0.05) is 5.56 Å². The molecule has 0 aliphatic rings. The van der Waals surface area contributed by atoms with Gasteiger partial charge in [-0.2, -0.15) is 0 Å². The van der Waals surface area contributed by atoms with Crippen LogP contribution in [0.25, 0.3) is 11.3 Å². The normalized spacial score (nSPS) is 12.3. The number of carbonyl (C=O) groups is 2. The van der Waals surface area contributed by atoms with Crippen LogP contribution in [0.2, 0.25) is 0 Å². The highest BCUT2D eigenvalue weighted by molar-refractivity contribution is 5.88. The van der Waals surface area contributed by atoms with Gasteiger partial charge in [0.1, 0.15) is 17.3 Å². The van der Waals surface area contributed by atoms with Gasteiger partial charge in [0.2, 0.25) is 0 Å². The first kappa shape index (κ1) is 19.6. The standard InChI is InChI=1S/C20H24N2O4/c1-5-25-18(23)16-12-8-11-15(22-16)13-9-6-7-10-14(13)17(21)19(24)26-20(2,3)4/h6-12,17H,5,21H2,1-4H3. The summed E-state index contributed by atoms with van der Waals surface area (Å²) in [5, 5.41) is 0. The average molecular weight is 356 g/mol. The number of hydrogen-bond donors (Lipinski definition) is 1. The van der Waals surface area contributed by atoms with Crippen molar-refractivity contribution in [2.45, 2.75) is 39.3 Å². The van der Waals surface area contributed by atoms with Crippen LogP contribution >= 0.6 is 0 Å². The minimum Gasteiger partial charge on any atom is -0.461 e. The van der Waals surface area contributed by atoms with Gasteiger partial charge in [0.05, 0.1) is 12.3 Å². The molecule has 6 heteroatoms. The van der Waals surface area contributed by atoms with E-state index in [9.17, 15) is 9.59 Å². The van der Waals surface area contributed by atoms with Crippen molar-refractivity contribution >= 4 is 11.9 Å². The molecule has 1 aromatic carbocycles. The highest BCUT2D eigenvalue weighted by Crippen LogP contribution is 2.27. The fourth-order valence-electron chi connectivity index (χ4n) is 2.40. The van der Waals surface area contributed by atoms with Crippen molar-refractivity contribution in [3.05, 3.63) is 53.7 Å². The van der Waals surface area contributed by atoms with Crippen LogP contribution in [0.5, 0.6) is 0 Å². The van der Waals surface area contributed by atoms with Gasteiger partial charge in [-0.25, -0.2) is 14.6 Å². The van der Waals surface area contributed by atoms with E-state index >= 15 is 0 Å². The highest BCUT2D eigenvalue weighted by Gasteiger charge is 2.25. The van der Waals surface area contributed by atoms with Crippen LogP contribution in [-0.4, -0.2) is 29.1 Å². The summed E-state index contributed by atoms with van der Waals surface area (Å²) in [6.07, 6.45) is 0. The number of ether oxygens (including phenoxy) is 2. The molecule has 1 atom stereocenters. The van der Waals surface area contributed by atoms with E-state index in [4.69, 9.17) is 15.2 Å². The van der Waals surface area contributed by atoms with E-state index in [1.54, 1.807) is 64.1 Å². The topological polar surface area (TPSA) is 91.5 Å². The third-order valence-corrected chi connectivity index (χ3v) is 3.47. The maximum absolute atomic E-state index is 12.4. The lowest BCUT2D eigenvalue weighted by atomic mass is 9.98. The van der Waals surface area contributed by atoms with Crippen molar-refractivity contribution in [1.29, 1.82) is 0 Å². The molecule has 2 aromatic rings. The van der Waals surface area contributed by atoms with E-state index in [0.29, 0.717) is 16.8 Å². The number of benzene rings is 1. The Hall–Kier alpha value is -2.73. The zero-order chi connectivity index (χ0) is 19.3. The van der Waals surface area contributed by atoms with Crippen molar-refractivity contribution in [3.8, 4) is 11.3 Å². The molecule has 0 saturated heterocycles. The van der Waals surface area contributed by atoms with Gasteiger partial charge in [0.15, 0.2) is 0 Å². The maximum Gasteiger partial charge on any atom is 0.356 e. The number of aromatic nitrogens is 1. The lowest BCUT2D eigenvalue weighted by Crippen LogP contribution is -2.31. The molecule has 2 rings (SSSR count). The smallest absolute Gasteiger partial charge is 0.356 e. The summed E-state index contributed by atoms with van der Waals surface area (Å²) in [5.41, 5.74) is 7.48. The van der Waals surface area contributed by atoms with Gasteiger partial charge in [-0.3, -0.25) is 0 Å². The van der Waals surface area contributed by atoms with Crippen LogP contribution in [0.3, 0.4) is 0 Å². The zero-order valence-corrected chi connectivity index (χ0v) is 15.5. The number of hydrogen-bond acceptors (Lipinski definition) is 6. The molecule has 0 aliphatic heterocycles. The molecular formula is C20H24N2O4. The molecule has 0 bridgehead atoms. The highest BCUT2D eigenvalue weighted by atomic mass is 16.6. The molecular weight excluding hydrogens is 332 g/mol. The lowest BCUT2D eigenvalue weighted by Gasteiger charge is -2.23. The third kappa shape index (κ3) is 4.89. The second kappa shape index (κ2) is 8.10. The predicted molar refractivity (Wildman–Crippen MR) is 98.4 cm³/mol. The Bertz CT molecular complexity index is 796. The molecule has 26 heavy (non-hydrogen) atoms. The first-order chi connectivity index (χ1) is 12.2. The van der Waals surface area contributed by atoms with E-state index < -0.39 is 23.6 Å². The number of nitrogens with zero attached hydrogens (tertiary/aromatic N) is 1. The van der Waals surface area contributed by atoms with Gasteiger partial charge < -0.3 is 15.2 Å². The van der Waals surface area contributed by atoms with Crippen LogP contribution in [0.15, 0.2) is 42.5 Å². The van der Waals surface area contributed by atoms with Crippen LogP contribution in [0.1, 0.15) is 49.8 Å². The molecule has 0 aliphatic carbocycles. The van der Waals surface area contributed by atoms with Crippen molar-refractivity contribution in [1.82, 2.24) is 4.98 Å². The molecule has 0 saturated carbocycles. The van der Waals surface area contributed by atoms with Crippen molar-refractivity contribution in [3.63, 3.8) is 0 Å². The first-order valence-electron chi connectivity index (χ1n) is 8.45. The number of nitrogens with two attached hydrogens (primary N) is 1. The third-order valence-electron chi connectivity index (χ3n) is 3.47. The van der Waals surface area contributed by atoms with Gasteiger partial charge in [0.25, 0.3) is 0 Å². The molecule has 0 fully saturated rings. The predicted octanol–water partition coefficient (Wildman–Crippen LogP) is 3.27. The van der Waals surface area contributed by atoms with Crippen LogP contribution in [0, 0.1) is 0 Å². The summed E-state index contributed by atoms with van der Waals surface area (Å²) in [4.78, 5) is 28.6. The molecule has 0 amide bonds. The summed E-state index contributed by atoms with van der Waals surface area (Å²) < 4.78 is 10.4. The molecule has 138 valence electrons. The number of pyridine rings is 1. The van der Waals surface area contributed by atoms with E-state index in [1.807, 2.05) is 6.07 Å². The van der Waals surface area contributed by atoms with Crippen LogP contribution < -0.4 is 5.73 Å². The quantitative estimate of drug-likeness (QED) is 0.827. The fraction of sp³-hybridized carbons (Fsp3) is 0.350. The summed E-state index contributed by atoms with van der Waals surface area (Å²) in [6, 6.07) is 11.3. The summed E-state index contributed by atoms with van der Waals surface area (Å²) in [6.45, 7) is 7.36. The SMILES string of the molecule is CCOC(=O)c1cccc(-c2ccccc2C(N)C(=O)OC(C)(C)C)n1. The minimum atomic E-state index is -0.960. The molecule has 1 aromatic heterocycles. The minimum absolute atomic E-state index is 0.199. The molecule has 0 spiro atoms. The summed E-state index contributed by atoms with van der Waals surface area (Å²) in [5.74, 6) is -1.02.